The van der Waals surface area contributed by atoms with Crippen LogP contribution in [0.3, 0.4) is 0 Å². The van der Waals surface area contributed by atoms with Crippen LogP contribution >= 0.6 is 0 Å². The number of ether oxygens (including phenoxy) is 1. The van der Waals surface area contributed by atoms with Crippen molar-refractivity contribution in [1.29, 1.82) is 0 Å². The van der Waals surface area contributed by atoms with Crippen molar-refractivity contribution in [3.63, 3.8) is 0 Å². The second kappa shape index (κ2) is 6.77. The molecule has 114 valence electrons. The van der Waals surface area contributed by atoms with Gasteiger partial charge in [0, 0.05) is 12.7 Å². The molecule has 0 radical (unpaired) electrons. The van der Waals surface area contributed by atoms with Crippen LogP contribution in [0.5, 0.6) is 0 Å². The largest absolute Gasteiger partial charge is 0.444 e. The van der Waals surface area contributed by atoms with Crippen LogP contribution in [0.15, 0.2) is 12.5 Å². The zero-order chi connectivity index (χ0) is 15.3. The van der Waals surface area contributed by atoms with Gasteiger partial charge >= 0.3 is 6.09 Å². The van der Waals surface area contributed by atoms with Crippen molar-refractivity contribution in [3.8, 4) is 0 Å². The van der Waals surface area contributed by atoms with Crippen LogP contribution < -0.4 is 5.32 Å². The van der Waals surface area contributed by atoms with E-state index in [0.29, 0.717) is 18.4 Å². The summed E-state index contributed by atoms with van der Waals surface area (Å²) < 4.78 is 7.30. The maximum Gasteiger partial charge on any atom is 0.407 e. The van der Waals surface area contributed by atoms with E-state index in [9.17, 15) is 4.79 Å². The van der Waals surface area contributed by atoms with Crippen LogP contribution in [-0.2, 0) is 17.8 Å². The number of aromatic nitrogens is 2. The summed E-state index contributed by atoms with van der Waals surface area (Å²) in [5, 5.41) is 2.76. The molecule has 20 heavy (non-hydrogen) atoms. The first-order valence-corrected chi connectivity index (χ1v) is 7.15. The van der Waals surface area contributed by atoms with Gasteiger partial charge in [0.25, 0.3) is 0 Å². The molecule has 5 nitrogen and oxygen atoms in total. The fourth-order valence-electron chi connectivity index (χ4n) is 1.66. The van der Waals surface area contributed by atoms with Crippen LogP contribution in [0.1, 0.15) is 47.2 Å². The van der Waals surface area contributed by atoms with Crippen molar-refractivity contribution < 1.29 is 9.53 Å². The molecule has 0 saturated carbocycles. The highest BCUT2D eigenvalue weighted by Gasteiger charge is 2.16. The highest BCUT2D eigenvalue weighted by molar-refractivity contribution is 5.67. The molecule has 0 aliphatic carbocycles. The van der Waals surface area contributed by atoms with E-state index in [4.69, 9.17) is 4.74 Å². The number of hydrogen-bond acceptors (Lipinski definition) is 3. The minimum Gasteiger partial charge on any atom is -0.444 e. The van der Waals surface area contributed by atoms with Gasteiger partial charge in [0.2, 0.25) is 0 Å². The van der Waals surface area contributed by atoms with Crippen molar-refractivity contribution in [1.82, 2.24) is 14.9 Å². The SMILES string of the molecule is CC(C)C(C)Cn1cncc1CNC(=O)OC(C)(C)C. The second-order valence-corrected chi connectivity index (χ2v) is 6.61. The van der Waals surface area contributed by atoms with Gasteiger partial charge in [-0.3, -0.25) is 0 Å². The summed E-state index contributed by atoms with van der Waals surface area (Å²) in [6, 6.07) is 0. The molecule has 1 amide bonds. The Bertz CT molecular complexity index is 433. The average molecular weight is 281 g/mol. The molecule has 0 aromatic carbocycles. The summed E-state index contributed by atoms with van der Waals surface area (Å²) >= 11 is 0. The minimum atomic E-state index is -0.476. The number of rotatable bonds is 5. The summed E-state index contributed by atoms with van der Waals surface area (Å²) in [6.07, 6.45) is 3.19. The van der Waals surface area contributed by atoms with E-state index >= 15 is 0 Å². The van der Waals surface area contributed by atoms with Crippen molar-refractivity contribution in [2.24, 2.45) is 11.8 Å². The Balaban J connectivity index is 2.53. The molecule has 1 atom stereocenters. The van der Waals surface area contributed by atoms with Crippen molar-refractivity contribution in [3.05, 3.63) is 18.2 Å². The standard InChI is InChI=1S/C15H27N3O2/c1-11(2)12(3)9-18-10-16-7-13(18)8-17-14(19)20-15(4,5)6/h7,10-12H,8-9H2,1-6H3,(H,17,19). The lowest BCUT2D eigenvalue weighted by Gasteiger charge is -2.20. The van der Waals surface area contributed by atoms with Crippen LogP contribution in [0, 0.1) is 11.8 Å². The Labute approximate surface area is 121 Å². The molecule has 1 aromatic rings. The second-order valence-electron chi connectivity index (χ2n) is 6.61. The average Bonchev–Trinajstić information content (AvgIpc) is 2.71. The molecule has 0 fully saturated rings. The van der Waals surface area contributed by atoms with E-state index < -0.39 is 11.7 Å². The van der Waals surface area contributed by atoms with Crippen molar-refractivity contribution in [2.75, 3.05) is 0 Å². The number of nitrogens with one attached hydrogen (secondary N) is 1. The first-order valence-electron chi connectivity index (χ1n) is 7.15. The predicted molar refractivity (Wildman–Crippen MR) is 79.3 cm³/mol. The third-order valence-electron chi connectivity index (χ3n) is 3.23. The molecule has 1 aromatic heterocycles. The Kier molecular flexibility index (Phi) is 5.60. The number of alkyl carbamates (subject to hydrolysis) is 1. The first kappa shape index (κ1) is 16.5. The Morgan fingerprint density at radius 2 is 2.05 bits per heavy atom. The third kappa shape index (κ3) is 5.63. The number of hydrogen-bond donors (Lipinski definition) is 1. The van der Waals surface area contributed by atoms with Gasteiger partial charge in [0.05, 0.1) is 18.6 Å². The summed E-state index contributed by atoms with van der Waals surface area (Å²) in [4.78, 5) is 15.8. The van der Waals surface area contributed by atoms with Crippen molar-refractivity contribution >= 4 is 6.09 Å². The summed E-state index contributed by atoms with van der Waals surface area (Å²) in [6.45, 7) is 13.5. The zero-order valence-corrected chi connectivity index (χ0v) is 13.4. The Morgan fingerprint density at radius 1 is 1.40 bits per heavy atom. The maximum atomic E-state index is 11.6. The summed E-state index contributed by atoms with van der Waals surface area (Å²) in [5.41, 5.74) is 0.514. The fraction of sp³-hybridized carbons (Fsp3) is 0.733. The van der Waals surface area contributed by atoms with Gasteiger partial charge in [-0.25, -0.2) is 9.78 Å². The number of nitrogens with zero attached hydrogens (tertiary/aromatic N) is 2. The highest BCUT2D eigenvalue weighted by Crippen LogP contribution is 2.14. The quantitative estimate of drug-likeness (QED) is 0.901. The first-order chi connectivity index (χ1) is 9.19. The predicted octanol–water partition coefficient (Wildman–Crippen LogP) is 3.20. The normalized spacial score (nSPS) is 13.3. The topological polar surface area (TPSA) is 56.2 Å². The molecule has 5 heteroatoms. The number of carbonyl (C=O) groups excluding carboxylic acids is 1. The minimum absolute atomic E-state index is 0.401. The molecule has 0 spiro atoms. The van der Waals surface area contributed by atoms with E-state index in [1.54, 1.807) is 6.20 Å². The zero-order valence-electron chi connectivity index (χ0n) is 13.4. The van der Waals surface area contributed by atoms with Gasteiger partial charge in [0.1, 0.15) is 5.60 Å². The molecule has 0 saturated heterocycles. The molecule has 0 aliphatic rings. The number of amides is 1. The molecular weight excluding hydrogens is 254 g/mol. The van der Waals surface area contributed by atoms with Gasteiger partial charge in [-0.15, -0.1) is 0 Å². The Hall–Kier alpha value is -1.52. The van der Waals surface area contributed by atoms with Crippen LogP contribution in [-0.4, -0.2) is 21.2 Å². The molecular formula is C15H27N3O2. The monoisotopic (exact) mass is 281 g/mol. The lowest BCUT2D eigenvalue weighted by atomic mass is 9.98. The number of imidazole rings is 1. The van der Waals surface area contributed by atoms with Gasteiger partial charge < -0.3 is 14.6 Å². The van der Waals surface area contributed by atoms with E-state index in [-0.39, 0.29) is 0 Å². The van der Waals surface area contributed by atoms with E-state index in [0.717, 1.165) is 12.2 Å². The van der Waals surface area contributed by atoms with E-state index in [2.05, 4.69) is 35.6 Å². The van der Waals surface area contributed by atoms with Gasteiger partial charge in [-0.1, -0.05) is 20.8 Å². The Morgan fingerprint density at radius 3 is 2.60 bits per heavy atom. The van der Waals surface area contributed by atoms with Crippen LogP contribution in [0.2, 0.25) is 0 Å². The highest BCUT2D eigenvalue weighted by atomic mass is 16.6. The molecule has 1 N–H and O–H groups in total. The summed E-state index contributed by atoms with van der Waals surface area (Å²) in [5.74, 6) is 1.17. The summed E-state index contributed by atoms with van der Waals surface area (Å²) in [7, 11) is 0. The van der Waals surface area contributed by atoms with Gasteiger partial charge in [-0.2, -0.15) is 0 Å². The number of carbonyl (C=O) groups is 1. The van der Waals surface area contributed by atoms with Crippen LogP contribution in [0.25, 0.3) is 0 Å². The smallest absolute Gasteiger partial charge is 0.407 e. The molecule has 1 unspecified atom stereocenters. The molecule has 1 rings (SSSR count). The lowest BCUT2D eigenvalue weighted by molar-refractivity contribution is 0.0522. The van der Waals surface area contributed by atoms with Gasteiger partial charge in [0.15, 0.2) is 0 Å². The van der Waals surface area contributed by atoms with E-state index in [1.807, 2.05) is 27.1 Å². The lowest BCUT2D eigenvalue weighted by Crippen LogP contribution is -2.32. The molecule has 1 heterocycles. The van der Waals surface area contributed by atoms with Crippen molar-refractivity contribution in [2.45, 2.75) is 60.2 Å². The van der Waals surface area contributed by atoms with Crippen LogP contribution in [0.4, 0.5) is 4.79 Å². The molecule has 0 aliphatic heterocycles. The third-order valence-corrected chi connectivity index (χ3v) is 3.23. The maximum absolute atomic E-state index is 11.6. The van der Waals surface area contributed by atoms with E-state index in [1.165, 1.54) is 0 Å². The fourth-order valence-corrected chi connectivity index (χ4v) is 1.66. The van der Waals surface area contributed by atoms with Gasteiger partial charge in [-0.05, 0) is 32.6 Å². The molecule has 0 bridgehead atoms.